The molecule has 3 aromatic rings. The average molecular weight is 620 g/mol. The van der Waals surface area contributed by atoms with Gasteiger partial charge in [0.15, 0.2) is 11.5 Å². The molecule has 2 aliphatic rings. The average Bonchev–Trinajstić information content (AvgIpc) is 3.66. The summed E-state index contributed by atoms with van der Waals surface area (Å²) in [6, 6.07) is 10.8. The van der Waals surface area contributed by atoms with Crippen molar-refractivity contribution >= 4 is 34.5 Å². The number of rotatable bonds is 10. The Morgan fingerprint density at radius 2 is 1.73 bits per heavy atom. The maximum atomic E-state index is 13.7. The number of carbonyl (C=O) groups is 4. The summed E-state index contributed by atoms with van der Waals surface area (Å²) < 4.78 is 16.6. The number of benzene rings is 2. The summed E-state index contributed by atoms with van der Waals surface area (Å²) in [4.78, 5) is 59.4. The first-order valence-electron chi connectivity index (χ1n) is 15.2. The zero-order valence-electron chi connectivity index (χ0n) is 26.3. The van der Waals surface area contributed by atoms with E-state index < -0.39 is 5.92 Å². The molecule has 0 radical (unpaired) electrons. The van der Waals surface area contributed by atoms with Crippen LogP contribution in [0, 0.1) is 17.8 Å². The van der Waals surface area contributed by atoms with Gasteiger partial charge in [0.2, 0.25) is 17.7 Å². The van der Waals surface area contributed by atoms with Crippen molar-refractivity contribution in [1.29, 1.82) is 0 Å². The third-order valence-corrected chi connectivity index (χ3v) is 8.65. The molecule has 4 amide bonds. The van der Waals surface area contributed by atoms with Gasteiger partial charge >= 0.3 is 0 Å². The minimum Gasteiger partial charge on any atom is -0.497 e. The number of methoxy groups -OCH3 is 2. The molecule has 3 heterocycles. The van der Waals surface area contributed by atoms with Gasteiger partial charge in [0.25, 0.3) is 5.91 Å². The predicted molar refractivity (Wildman–Crippen MR) is 167 cm³/mol. The molecule has 0 spiro atoms. The van der Waals surface area contributed by atoms with E-state index >= 15 is 0 Å². The van der Waals surface area contributed by atoms with Crippen LogP contribution in [0.25, 0.3) is 10.9 Å². The van der Waals surface area contributed by atoms with E-state index in [1.165, 1.54) is 14.2 Å². The van der Waals surface area contributed by atoms with Crippen molar-refractivity contribution < 1.29 is 33.4 Å². The lowest BCUT2D eigenvalue weighted by Crippen LogP contribution is -2.54. The maximum Gasteiger partial charge on any atom is 0.254 e. The van der Waals surface area contributed by atoms with Crippen LogP contribution in [-0.2, 0) is 20.8 Å². The molecule has 12 heteroatoms. The van der Waals surface area contributed by atoms with Crippen LogP contribution in [0.5, 0.6) is 17.2 Å². The number of aromatic nitrogens is 1. The van der Waals surface area contributed by atoms with E-state index in [1.54, 1.807) is 35.1 Å². The molecule has 5 rings (SSSR count). The van der Waals surface area contributed by atoms with Crippen LogP contribution in [0.3, 0.4) is 0 Å². The van der Waals surface area contributed by atoms with Crippen LogP contribution in [0.4, 0.5) is 0 Å². The number of carbonyl (C=O) groups excluding carboxylic acids is 4. The van der Waals surface area contributed by atoms with E-state index in [9.17, 15) is 19.2 Å². The molecule has 2 fully saturated rings. The summed E-state index contributed by atoms with van der Waals surface area (Å²) in [5.74, 6) is -0.0559. The van der Waals surface area contributed by atoms with Crippen molar-refractivity contribution in [1.82, 2.24) is 25.4 Å². The molecule has 12 nitrogen and oxygen atoms in total. The molecular weight excluding hydrogens is 578 g/mol. The zero-order valence-corrected chi connectivity index (χ0v) is 26.3. The topological polar surface area (TPSA) is 142 Å². The second kappa shape index (κ2) is 13.5. The van der Waals surface area contributed by atoms with E-state index in [-0.39, 0.29) is 61.1 Å². The number of fused-ring (bicyclic) bond motifs is 2. The van der Waals surface area contributed by atoms with Crippen molar-refractivity contribution in [3.8, 4) is 17.2 Å². The van der Waals surface area contributed by atoms with Crippen LogP contribution < -0.4 is 24.8 Å². The molecule has 3 atom stereocenters. The molecule has 1 aromatic heterocycles. The Kier molecular flexibility index (Phi) is 9.50. The molecule has 2 aliphatic heterocycles. The number of hydrogen-bond acceptors (Lipinski definition) is 7. The summed E-state index contributed by atoms with van der Waals surface area (Å²) >= 11 is 0. The first kappa shape index (κ1) is 31.7. The minimum absolute atomic E-state index is 0.0567. The van der Waals surface area contributed by atoms with Crippen LogP contribution >= 0.6 is 0 Å². The standard InChI is InChI=1S/C33H41N5O7/c1-19(2)45-28-9-6-20(10-29(28)44-5)33(42)38-16-22-15-37(18-26(25(22)17-38)32(41)36-14-30(39)34-3)31(40)11-21-13-35-27-12-23(43-4)7-8-24(21)27/h6-10,12-13,19,22,25-26,35H,11,14-18H2,1-5H3,(H,34,39)(H,36,41). The van der Waals surface area contributed by atoms with Gasteiger partial charge < -0.3 is 39.6 Å². The molecule has 240 valence electrons. The number of nitrogens with one attached hydrogen (secondary N) is 3. The number of aromatic amines is 1. The Morgan fingerprint density at radius 1 is 0.956 bits per heavy atom. The molecule has 3 N–H and O–H groups in total. The second-order valence-electron chi connectivity index (χ2n) is 11.9. The normalized spacial score (nSPS) is 19.3. The minimum atomic E-state index is -0.584. The van der Waals surface area contributed by atoms with E-state index in [4.69, 9.17) is 14.2 Å². The first-order chi connectivity index (χ1) is 21.6. The van der Waals surface area contributed by atoms with Gasteiger partial charge in [0.1, 0.15) is 5.75 Å². The lowest BCUT2D eigenvalue weighted by Gasteiger charge is -2.39. The summed E-state index contributed by atoms with van der Waals surface area (Å²) in [7, 11) is 4.64. The molecule has 2 aromatic carbocycles. The fraction of sp³-hybridized carbons (Fsp3) is 0.455. The number of ether oxygens (including phenoxy) is 3. The fourth-order valence-electron chi connectivity index (χ4n) is 6.36. The van der Waals surface area contributed by atoms with E-state index in [0.717, 1.165) is 16.5 Å². The van der Waals surface area contributed by atoms with Gasteiger partial charge in [0, 0.05) is 62.0 Å². The highest BCUT2D eigenvalue weighted by molar-refractivity contribution is 5.95. The summed E-state index contributed by atoms with van der Waals surface area (Å²) in [6.07, 6.45) is 1.92. The Labute approximate surface area is 262 Å². The van der Waals surface area contributed by atoms with Gasteiger partial charge in [-0.05, 0) is 61.6 Å². The van der Waals surface area contributed by atoms with Crippen molar-refractivity contribution in [2.75, 3.05) is 54.0 Å². The Bertz CT molecular complexity index is 1580. The quantitative estimate of drug-likeness (QED) is 0.316. The summed E-state index contributed by atoms with van der Waals surface area (Å²) in [5.41, 5.74) is 2.17. The van der Waals surface area contributed by atoms with Crippen molar-refractivity contribution in [3.05, 3.63) is 53.7 Å². The number of hydrogen-bond donors (Lipinski definition) is 3. The third-order valence-electron chi connectivity index (χ3n) is 8.65. The van der Waals surface area contributed by atoms with Gasteiger partial charge in [-0.25, -0.2) is 0 Å². The molecule has 0 aliphatic carbocycles. The van der Waals surface area contributed by atoms with Gasteiger partial charge in [-0.3, -0.25) is 19.2 Å². The van der Waals surface area contributed by atoms with Gasteiger partial charge in [-0.15, -0.1) is 0 Å². The largest absolute Gasteiger partial charge is 0.497 e. The zero-order chi connectivity index (χ0) is 32.2. The lowest BCUT2D eigenvalue weighted by atomic mass is 9.79. The number of piperidine rings is 1. The van der Waals surface area contributed by atoms with Crippen LogP contribution in [0.2, 0.25) is 0 Å². The molecule has 0 bridgehead atoms. The number of likely N-dealkylation sites (N-methyl/N-ethyl adjacent to an activating group) is 1. The maximum absolute atomic E-state index is 13.7. The first-order valence-corrected chi connectivity index (χ1v) is 15.2. The van der Waals surface area contributed by atoms with E-state index in [0.29, 0.717) is 42.4 Å². The number of H-pyrrole nitrogens is 1. The summed E-state index contributed by atoms with van der Waals surface area (Å²) in [6.45, 7) is 5.05. The highest BCUT2D eigenvalue weighted by atomic mass is 16.5. The monoisotopic (exact) mass is 619 g/mol. The molecule has 3 unspecified atom stereocenters. The molecule has 0 saturated carbocycles. The number of amides is 4. The van der Waals surface area contributed by atoms with Crippen molar-refractivity contribution in [2.24, 2.45) is 17.8 Å². The Hall–Kier alpha value is -4.74. The smallest absolute Gasteiger partial charge is 0.254 e. The number of likely N-dealkylation sites (tertiary alicyclic amines) is 2. The number of nitrogens with zero attached hydrogens (tertiary/aromatic N) is 2. The van der Waals surface area contributed by atoms with Gasteiger partial charge in [0.05, 0.1) is 39.2 Å². The molecule has 2 saturated heterocycles. The third kappa shape index (κ3) is 6.84. The predicted octanol–water partition coefficient (Wildman–Crippen LogP) is 2.22. The fourth-order valence-corrected chi connectivity index (χ4v) is 6.36. The van der Waals surface area contributed by atoms with Gasteiger partial charge in [-0.1, -0.05) is 0 Å². The Morgan fingerprint density at radius 3 is 2.44 bits per heavy atom. The van der Waals surface area contributed by atoms with Crippen molar-refractivity contribution in [2.45, 2.75) is 26.4 Å². The van der Waals surface area contributed by atoms with Gasteiger partial charge in [-0.2, -0.15) is 0 Å². The molecular formula is C33H41N5O7. The van der Waals surface area contributed by atoms with E-state index in [1.807, 2.05) is 38.2 Å². The molecule has 45 heavy (non-hydrogen) atoms. The van der Waals surface area contributed by atoms with Crippen LogP contribution in [0.15, 0.2) is 42.6 Å². The van der Waals surface area contributed by atoms with Crippen LogP contribution in [-0.4, -0.2) is 98.5 Å². The lowest BCUT2D eigenvalue weighted by molar-refractivity contribution is -0.139. The summed E-state index contributed by atoms with van der Waals surface area (Å²) in [5, 5.41) is 6.16. The van der Waals surface area contributed by atoms with Crippen LogP contribution in [0.1, 0.15) is 29.8 Å². The second-order valence-corrected chi connectivity index (χ2v) is 11.9. The van der Waals surface area contributed by atoms with E-state index in [2.05, 4.69) is 15.6 Å². The van der Waals surface area contributed by atoms with Crippen molar-refractivity contribution in [3.63, 3.8) is 0 Å². The highest BCUT2D eigenvalue weighted by Gasteiger charge is 2.48. The highest BCUT2D eigenvalue weighted by Crippen LogP contribution is 2.37. The Balaban J connectivity index is 1.35. The SMILES string of the molecule is CNC(=O)CNC(=O)C1CN(C(=O)Cc2c[nH]c3cc(OC)ccc23)CC2CN(C(=O)c3ccc(OC(C)C)c(OC)c3)CC21.